The zero-order chi connectivity index (χ0) is 9.56. The number of hydrogen-bond acceptors (Lipinski definition) is 1. The van der Waals surface area contributed by atoms with Gasteiger partial charge in [0.15, 0.2) is 0 Å². The molecule has 0 spiro atoms. The minimum absolute atomic E-state index is 0.568. The fourth-order valence-corrected chi connectivity index (χ4v) is 0.759. The molecule has 0 aromatic heterocycles. The van der Waals surface area contributed by atoms with Crippen molar-refractivity contribution < 1.29 is 0 Å². The van der Waals surface area contributed by atoms with E-state index < -0.39 is 0 Å². The highest BCUT2D eigenvalue weighted by Crippen LogP contribution is 2.01. The van der Waals surface area contributed by atoms with Crippen LogP contribution in [0.2, 0.25) is 0 Å². The first kappa shape index (κ1) is 10.6. The van der Waals surface area contributed by atoms with Crippen molar-refractivity contribution >= 4 is 12.7 Å². The molecule has 0 aliphatic rings. The van der Waals surface area contributed by atoms with E-state index in [2.05, 4.69) is 23.3 Å². The molecule has 0 aromatic carbocycles. The first-order valence-electron chi connectivity index (χ1n) is 3.66. The van der Waals surface area contributed by atoms with Crippen LogP contribution >= 0.6 is 0 Å². The molecule has 0 atom stereocenters. The summed E-state index contributed by atoms with van der Waals surface area (Å²) in [5.74, 6) is 0.568. The number of nitrogens with zero attached hydrogens (tertiary/aromatic N) is 3. The molecule has 0 saturated carbocycles. The second-order valence-corrected chi connectivity index (χ2v) is 2.23. The van der Waals surface area contributed by atoms with E-state index in [4.69, 9.17) is 0 Å². The van der Waals surface area contributed by atoms with E-state index in [9.17, 15) is 0 Å². The van der Waals surface area contributed by atoms with Gasteiger partial charge < -0.3 is 4.90 Å². The van der Waals surface area contributed by atoms with E-state index in [0.717, 1.165) is 5.70 Å². The van der Waals surface area contributed by atoms with Crippen LogP contribution in [0.5, 0.6) is 0 Å². The molecule has 0 heterocycles. The number of hydrogen-bond donors (Lipinski definition) is 0. The molecule has 3 nitrogen and oxygen atoms in total. The van der Waals surface area contributed by atoms with Crippen molar-refractivity contribution in [1.82, 2.24) is 4.90 Å². The standard InChI is InChI=1S/C9H15N3/c1-6-7-8(2)12(5)9(10-3)11-4/h6-7H,2-3H2,1,4-5H3/b7-6-,11-9?. The molecule has 0 aromatic rings. The molecule has 0 aliphatic heterocycles. The molecule has 0 unspecified atom stereocenters. The normalized spacial score (nSPS) is 11.8. The lowest BCUT2D eigenvalue weighted by Crippen LogP contribution is -2.22. The summed E-state index contributed by atoms with van der Waals surface area (Å²) in [5.41, 5.74) is 0.838. The van der Waals surface area contributed by atoms with E-state index in [1.807, 2.05) is 26.1 Å². The van der Waals surface area contributed by atoms with Crippen molar-refractivity contribution in [3.63, 3.8) is 0 Å². The average Bonchev–Trinajstić information content (AvgIpc) is 2.07. The van der Waals surface area contributed by atoms with Gasteiger partial charge in [-0.3, -0.25) is 4.99 Å². The van der Waals surface area contributed by atoms with Crippen LogP contribution in [0.4, 0.5) is 0 Å². The highest BCUT2D eigenvalue weighted by atomic mass is 15.2. The molecule has 0 rings (SSSR count). The lowest BCUT2D eigenvalue weighted by Gasteiger charge is -2.17. The van der Waals surface area contributed by atoms with Gasteiger partial charge in [0.25, 0.3) is 0 Å². The van der Waals surface area contributed by atoms with Crippen molar-refractivity contribution in [3.05, 3.63) is 24.4 Å². The largest absolute Gasteiger partial charge is 0.315 e. The Labute approximate surface area is 73.8 Å². The molecule has 66 valence electrons. The van der Waals surface area contributed by atoms with E-state index >= 15 is 0 Å². The molecule has 0 radical (unpaired) electrons. The Kier molecular flexibility index (Phi) is 4.69. The van der Waals surface area contributed by atoms with Crippen LogP contribution in [0.1, 0.15) is 6.92 Å². The average molecular weight is 165 g/mol. The quantitative estimate of drug-likeness (QED) is 0.347. The Morgan fingerprint density at radius 1 is 1.50 bits per heavy atom. The Morgan fingerprint density at radius 3 is 2.42 bits per heavy atom. The summed E-state index contributed by atoms with van der Waals surface area (Å²) >= 11 is 0. The predicted molar refractivity (Wildman–Crippen MR) is 54.6 cm³/mol. The molecule has 3 heteroatoms. The predicted octanol–water partition coefficient (Wildman–Crippen LogP) is 1.69. The SMILES string of the molecule is C=NC(=NC)N(C)C(=C)/C=C\C. The summed E-state index contributed by atoms with van der Waals surface area (Å²) < 4.78 is 0. The Bertz CT molecular complexity index is 226. The van der Waals surface area contributed by atoms with Gasteiger partial charge in [-0.25, -0.2) is 4.99 Å². The summed E-state index contributed by atoms with van der Waals surface area (Å²) in [6.45, 7) is 9.17. The summed E-state index contributed by atoms with van der Waals surface area (Å²) in [7, 11) is 3.52. The maximum Gasteiger partial charge on any atom is 0.224 e. The number of aliphatic imine (C=N–C) groups is 2. The van der Waals surface area contributed by atoms with Gasteiger partial charge in [0.05, 0.1) is 0 Å². The highest BCUT2D eigenvalue weighted by Gasteiger charge is 2.03. The molecule has 12 heavy (non-hydrogen) atoms. The van der Waals surface area contributed by atoms with Gasteiger partial charge in [-0.05, 0) is 19.7 Å². The van der Waals surface area contributed by atoms with Crippen LogP contribution in [0.25, 0.3) is 0 Å². The fraction of sp³-hybridized carbons (Fsp3) is 0.333. The molecule has 0 aliphatic carbocycles. The van der Waals surface area contributed by atoms with E-state index in [-0.39, 0.29) is 0 Å². The first-order chi connectivity index (χ1) is 5.67. The van der Waals surface area contributed by atoms with Crippen LogP contribution in [0.15, 0.2) is 34.4 Å². The fourth-order valence-electron chi connectivity index (χ4n) is 0.759. The van der Waals surface area contributed by atoms with Crippen molar-refractivity contribution in [2.75, 3.05) is 14.1 Å². The summed E-state index contributed by atoms with van der Waals surface area (Å²) in [6, 6.07) is 0. The Morgan fingerprint density at radius 2 is 2.08 bits per heavy atom. The minimum atomic E-state index is 0.568. The number of allylic oxidation sites excluding steroid dienone is 2. The first-order valence-corrected chi connectivity index (χ1v) is 3.66. The third kappa shape index (κ3) is 2.70. The molecule has 0 fully saturated rings. The van der Waals surface area contributed by atoms with Gasteiger partial charge in [-0.2, -0.15) is 0 Å². The third-order valence-corrected chi connectivity index (χ3v) is 1.43. The van der Waals surface area contributed by atoms with Crippen molar-refractivity contribution in [1.29, 1.82) is 0 Å². The second-order valence-electron chi connectivity index (χ2n) is 2.23. The van der Waals surface area contributed by atoms with Gasteiger partial charge in [0, 0.05) is 19.8 Å². The van der Waals surface area contributed by atoms with Crippen molar-refractivity contribution in [2.45, 2.75) is 6.92 Å². The Hall–Kier alpha value is -1.38. The monoisotopic (exact) mass is 165 g/mol. The highest BCUT2D eigenvalue weighted by molar-refractivity contribution is 5.85. The van der Waals surface area contributed by atoms with Gasteiger partial charge in [0.2, 0.25) is 5.96 Å². The molecular formula is C9H15N3. The second kappa shape index (κ2) is 5.29. The van der Waals surface area contributed by atoms with Crippen molar-refractivity contribution in [2.24, 2.45) is 9.98 Å². The number of guanidine groups is 1. The van der Waals surface area contributed by atoms with E-state index in [1.165, 1.54) is 0 Å². The van der Waals surface area contributed by atoms with E-state index in [1.54, 1.807) is 11.9 Å². The van der Waals surface area contributed by atoms with E-state index in [0.29, 0.717) is 5.96 Å². The van der Waals surface area contributed by atoms with Crippen LogP contribution in [-0.2, 0) is 0 Å². The van der Waals surface area contributed by atoms with Crippen LogP contribution in [-0.4, -0.2) is 31.7 Å². The van der Waals surface area contributed by atoms with Crippen molar-refractivity contribution in [3.8, 4) is 0 Å². The molecular weight excluding hydrogens is 150 g/mol. The molecule has 0 bridgehead atoms. The zero-order valence-corrected chi connectivity index (χ0v) is 7.91. The summed E-state index contributed by atoms with van der Waals surface area (Å²) in [5, 5.41) is 0. The maximum atomic E-state index is 3.93. The van der Waals surface area contributed by atoms with Gasteiger partial charge in [-0.15, -0.1) is 0 Å². The van der Waals surface area contributed by atoms with Gasteiger partial charge >= 0.3 is 0 Å². The topological polar surface area (TPSA) is 28.0 Å². The van der Waals surface area contributed by atoms with Crippen LogP contribution in [0.3, 0.4) is 0 Å². The van der Waals surface area contributed by atoms with Gasteiger partial charge in [0.1, 0.15) is 0 Å². The molecule has 0 amide bonds. The van der Waals surface area contributed by atoms with Crippen LogP contribution in [0, 0.1) is 0 Å². The minimum Gasteiger partial charge on any atom is -0.315 e. The van der Waals surface area contributed by atoms with Crippen LogP contribution < -0.4 is 0 Å². The third-order valence-electron chi connectivity index (χ3n) is 1.43. The van der Waals surface area contributed by atoms with Gasteiger partial charge in [-0.1, -0.05) is 12.7 Å². The lowest BCUT2D eigenvalue weighted by molar-refractivity contribution is 0.641. The smallest absolute Gasteiger partial charge is 0.224 e. The summed E-state index contributed by atoms with van der Waals surface area (Å²) in [6.07, 6.45) is 3.80. The lowest BCUT2D eigenvalue weighted by atomic mass is 10.4. The molecule has 0 saturated heterocycles. The zero-order valence-electron chi connectivity index (χ0n) is 7.91. The maximum absolute atomic E-state index is 3.93. The molecule has 0 N–H and O–H groups in total. The number of rotatable bonds is 2. The Balaban J connectivity index is 4.47. The number of likely N-dealkylation sites (N-methyl/N-ethyl adjacent to an activating group) is 1. The summed E-state index contributed by atoms with van der Waals surface area (Å²) in [4.78, 5) is 9.44.